The van der Waals surface area contributed by atoms with Crippen molar-refractivity contribution in [1.29, 1.82) is 0 Å². The summed E-state index contributed by atoms with van der Waals surface area (Å²) in [5, 5.41) is 0. The first-order chi connectivity index (χ1) is 15.6. The molecule has 0 radical (unpaired) electrons. The SMILES string of the molecule is CCCc1cc(CCC)n2c1C=C1C(c3ccccc3)=BC(c3ccccc3)N1C2(F)F. The Morgan fingerprint density at radius 1 is 0.906 bits per heavy atom. The molecule has 2 nitrogen and oxygen atoms in total. The van der Waals surface area contributed by atoms with E-state index in [1.807, 2.05) is 86.7 Å². The topological polar surface area (TPSA) is 8.17 Å². The molecular weight excluding hydrogens is 401 g/mol. The van der Waals surface area contributed by atoms with Gasteiger partial charge in [-0.3, -0.25) is 0 Å². The van der Waals surface area contributed by atoms with Crippen LogP contribution >= 0.6 is 0 Å². The fourth-order valence-corrected chi connectivity index (χ4v) is 5.07. The zero-order valence-corrected chi connectivity index (χ0v) is 18.6. The zero-order valence-electron chi connectivity index (χ0n) is 18.6. The van der Waals surface area contributed by atoms with Crippen molar-refractivity contribution in [1.82, 2.24) is 9.47 Å². The molecule has 0 N–H and O–H groups in total. The number of aromatic nitrogens is 1. The van der Waals surface area contributed by atoms with Crippen molar-refractivity contribution in [2.75, 3.05) is 0 Å². The molecule has 0 fully saturated rings. The van der Waals surface area contributed by atoms with E-state index in [0.717, 1.165) is 41.4 Å². The van der Waals surface area contributed by atoms with Gasteiger partial charge in [0, 0.05) is 0 Å². The van der Waals surface area contributed by atoms with Gasteiger partial charge < -0.3 is 0 Å². The fraction of sp³-hybridized carbons (Fsp3) is 0.296. The number of rotatable bonds is 6. The maximum atomic E-state index is 16.4. The molecule has 3 aromatic rings. The van der Waals surface area contributed by atoms with Crippen LogP contribution in [0.1, 0.15) is 60.7 Å². The van der Waals surface area contributed by atoms with Gasteiger partial charge in [-0.05, 0) is 0 Å². The molecule has 5 rings (SSSR count). The van der Waals surface area contributed by atoms with E-state index in [0.29, 0.717) is 23.5 Å². The van der Waals surface area contributed by atoms with Crippen LogP contribution in [-0.4, -0.2) is 21.9 Å². The quantitative estimate of drug-likeness (QED) is 0.336. The summed E-state index contributed by atoms with van der Waals surface area (Å²) in [5.74, 6) is -0.535. The summed E-state index contributed by atoms with van der Waals surface area (Å²) < 4.78 is 34.2. The molecule has 32 heavy (non-hydrogen) atoms. The van der Waals surface area contributed by atoms with E-state index in [2.05, 4.69) is 6.92 Å². The van der Waals surface area contributed by atoms with Crippen LogP contribution in [0.25, 0.3) is 6.08 Å². The minimum absolute atomic E-state index is 0.535. The Kier molecular flexibility index (Phi) is 5.36. The summed E-state index contributed by atoms with van der Waals surface area (Å²) >= 11 is 0. The predicted octanol–water partition coefficient (Wildman–Crippen LogP) is 6.19. The Bertz CT molecular complexity index is 1180. The number of hydrogen-bond donors (Lipinski definition) is 0. The average molecular weight is 428 g/mol. The predicted molar refractivity (Wildman–Crippen MR) is 128 cm³/mol. The first-order valence-corrected chi connectivity index (χ1v) is 11.5. The molecule has 1 unspecified atom stereocenters. The number of halogens is 2. The monoisotopic (exact) mass is 428 g/mol. The molecule has 5 heteroatoms. The van der Waals surface area contributed by atoms with Gasteiger partial charge in [0.05, 0.1) is 0 Å². The summed E-state index contributed by atoms with van der Waals surface area (Å²) in [6.45, 7) is 6.13. The Morgan fingerprint density at radius 2 is 1.56 bits per heavy atom. The van der Waals surface area contributed by atoms with Gasteiger partial charge in [0.25, 0.3) is 0 Å². The van der Waals surface area contributed by atoms with Crippen LogP contribution in [0.4, 0.5) is 8.78 Å². The van der Waals surface area contributed by atoms with Crippen molar-refractivity contribution in [3.8, 4) is 0 Å². The van der Waals surface area contributed by atoms with Crippen molar-refractivity contribution >= 4 is 18.5 Å². The molecule has 2 aliphatic heterocycles. The molecule has 2 aliphatic rings. The molecule has 1 atom stereocenters. The second kappa shape index (κ2) is 8.20. The Hall–Kier alpha value is -2.95. The number of allylic oxidation sites excluding steroid dienone is 1. The van der Waals surface area contributed by atoms with Gasteiger partial charge in [-0.25, -0.2) is 0 Å². The first-order valence-electron chi connectivity index (χ1n) is 11.5. The molecule has 3 heterocycles. The molecule has 0 saturated carbocycles. The van der Waals surface area contributed by atoms with E-state index < -0.39 is 12.1 Å². The molecule has 0 amide bonds. The van der Waals surface area contributed by atoms with Gasteiger partial charge in [0.2, 0.25) is 0 Å². The van der Waals surface area contributed by atoms with Gasteiger partial charge in [0.1, 0.15) is 0 Å². The zero-order chi connectivity index (χ0) is 22.3. The number of fused-ring (bicyclic) bond motifs is 2. The van der Waals surface area contributed by atoms with Crippen LogP contribution in [0.5, 0.6) is 0 Å². The van der Waals surface area contributed by atoms with Crippen molar-refractivity contribution in [3.63, 3.8) is 0 Å². The van der Waals surface area contributed by atoms with Crippen molar-refractivity contribution in [3.05, 3.63) is 101 Å². The molecule has 0 spiro atoms. The fourth-order valence-electron chi connectivity index (χ4n) is 5.07. The van der Waals surface area contributed by atoms with Gasteiger partial charge in [-0.2, -0.15) is 0 Å². The van der Waals surface area contributed by atoms with Crippen LogP contribution in [0.3, 0.4) is 0 Å². The van der Waals surface area contributed by atoms with Gasteiger partial charge in [-0.1, -0.05) is 0 Å². The number of aryl methyl sites for hydroxylation is 2. The summed E-state index contributed by atoms with van der Waals surface area (Å²) in [6, 6.07) is 21.5. The number of alkyl halides is 2. The molecule has 1 aromatic heterocycles. The first kappa shape index (κ1) is 20.9. The minimum atomic E-state index is -3.16. The van der Waals surface area contributed by atoms with Crippen LogP contribution in [-0.2, 0) is 19.0 Å². The Balaban J connectivity index is 1.75. The number of hydrogen-bond acceptors (Lipinski definition) is 1. The second-order valence-corrected chi connectivity index (χ2v) is 8.59. The van der Waals surface area contributed by atoms with Crippen LogP contribution in [0.15, 0.2) is 72.4 Å². The van der Waals surface area contributed by atoms with Crippen LogP contribution < -0.4 is 0 Å². The number of nitrogens with zero attached hydrogens (tertiary/aromatic N) is 2. The van der Waals surface area contributed by atoms with E-state index in [-0.39, 0.29) is 0 Å². The van der Waals surface area contributed by atoms with E-state index in [9.17, 15) is 0 Å². The average Bonchev–Trinajstić information content (AvgIpc) is 3.36. The van der Waals surface area contributed by atoms with E-state index in [4.69, 9.17) is 0 Å². The standard InChI is InChI=1S/C27H27BF2N2/c1-3-11-21-17-22(12-4-2)31-23(21)18-24-25(19-13-7-5-8-14-19)28-26(32(24)27(31,29)30)20-15-9-6-10-16-20/h5-10,13-18,26H,3-4,11-12H2,1-2H3. The van der Waals surface area contributed by atoms with E-state index >= 15 is 8.78 Å². The van der Waals surface area contributed by atoms with Crippen molar-refractivity contribution in [2.24, 2.45) is 0 Å². The summed E-state index contributed by atoms with van der Waals surface area (Å²) in [5.41, 5.74) is 5.67. The second-order valence-electron chi connectivity index (χ2n) is 8.59. The summed E-state index contributed by atoms with van der Waals surface area (Å²) in [4.78, 5) is 1.31. The maximum absolute atomic E-state index is 16.4. The van der Waals surface area contributed by atoms with Crippen molar-refractivity contribution in [2.45, 2.75) is 51.6 Å². The Labute approximate surface area is 189 Å². The Morgan fingerprint density at radius 3 is 2.22 bits per heavy atom. The van der Waals surface area contributed by atoms with Gasteiger partial charge in [0.15, 0.2) is 0 Å². The van der Waals surface area contributed by atoms with Crippen LogP contribution in [0.2, 0.25) is 0 Å². The van der Waals surface area contributed by atoms with Crippen LogP contribution in [0, 0.1) is 0 Å². The molecule has 0 aliphatic carbocycles. The van der Waals surface area contributed by atoms with Crippen molar-refractivity contribution < 1.29 is 8.78 Å². The summed E-state index contributed by atoms with van der Waals surface area (Å²) in [6.07, 6.45) is 2.02. The molecular formula is C27H27BF2N2. The molecule has 0 bridgehead atoms. The normalized spacial score (nSPS) is 18.5. The molecule has 0 saturated heterocycles. The summed E-state index contributed by atoms with van der Waals surface area (Å²) in [7, 11) is 0. The number of benzene rings is 2. The van der Waals surface area contributed by atoms with E-state index in [1.54, 1.807) is 0 Å². The third kappa shape index (κ3) is 3.26. The van der Waals surface area contributed by atoms with Gasteiger partial charge in [-0.15, -0.1) is 0 Å². The van der Waals surface area contributed by atoms with Gasteiger partial charge >= 0.3 is 189 Å². The third-order valence-electron chi connectivity index (χ3n) is 6.42. The third-order valence-corrected chi connectivity index (χ3v) is 6.42. The van der Waals surface area contributed by atoms with E-state index in [1.165, 1.54) is 9.47 Å². The molecule has 2 aromatic carbocycles. The molecule has 162 valence electrons.